The van der Waals surface area contributed by atoms with Gasteiger partial charge in [0.1, 0.15) is 11.5 Å². The quantitative estimate of drug-likeness (QED) is 0.00774. The number of carbonyl (C=O) groups excluding carboxylic acids is 4. The first-order chi connectivity index (χ1) is 68.6. The highest BCUT2D eigenvalue weighted by atomic mass is 127. The number of likely N-dealkylation sites (tertiary alicyclic amines) is 5. The van der Waals surface area contributed by atoms with E-state index in [4.69, 9.17) is 42.6 Å². The van der Waals surface area contributed by atoms with Crippen molar-refractivity contribution in [3.05, 3.63) is 306 Å². The highest BCUT2D eigenvalue weighted by Gasteiger charge is 2.33. The molecule has 27 heteroatoms. The van der Waals surface area contributed by atoms with Gasteiger partial charge in [-0.25, -0.2) is 4.98 Å². The summed E-state index contributed by atoms with van der Waals surface area (Å²) in [5.74, 6) is 4.11. The van der Waals surface area contributed by atoms with Gasteiger partial charge in [0.2, 0.25) is 0 Å². The number of thioether (sulfide) groups is 1. The first-order valence-electron chi connectivity index (χ1n) is 50.6. The van der Waals surface area contributed by atoms with Crippen LogP contribution in [-0.4, -0.2) is 217 Å². The first kappa shape index (κ1) is 108. The maximum atomic E-state index is 12.8. The Hall–Kier alpha value is -10.9. The van der Waals surface area contributed by atoms with Crippen LogP contribution >= 0.6 is 46.6 Å². The Morgan fingerprint density at radius 1 is 0.472 bits per heavy atom. The normalized spacial score (nSPS) is 16.1. The molecule has 8 N–H and O–H groups in total. The number of nitrogens with zero attached hydrogens (tertiary/aromatic N) is 8. The standard InChI is InChI=1S/C24H33N3O2.C23H30IN3O2.C23H25N3O2S.C23H31NO3.C22H27N3O2S/c1-17-6-8-19(9-7-17)5-4-12-27-13-10-20(11-14-27)26-24(28)21-15-18(2)22(25)16-23(21)29-3;1-16-5-7-17(8-6-16)4-3-11-27-12-9-18(10-13-27)26-23(28)19-14-20(24)21(25)15-22(19)29-2;1-16-6-8-17(9-7-16)21(27)18-10-12-25(13-11-18)14-15-26-22(28)19-4-2-3-5-20(19)24-23(26)29;1-17-7-9-18(10-8-17)11-14-24-15-12-19(13-16-24)22(25)20-5-4-6-21(26-2)23(20)27-3;1-15-3-5-17(6-4-15)20(26)18-7-10-24(11-8-18)12-9-19-16(2)23-22-25(21(19)27)13-14-28-22/h6-9,15-16,20H,4-5,10-14,25H2,1-3H3,(H,26,28);5-8,14-15,18H,3-4,9-13,25H2,1-2H3,(H,26,28);2-9,18H,10-15H2,1H3,(H,24,29);4-10,19,22,25H,11-16H2,1-3H3;3-6,18H,7-14H2,1-2H3/t;;;22-;/m...1./s1. The summed E-state index contributed by atoms with van der Waals surface area (Å²) >= 11 is 9.20. The number of ketones is 2. The molecular formula is C115H146IN13O11S2. The van der Waals surface area contributed by atoms with Crippen molar-refractivity contribution >= 4 is 92.2 Å². The van der Waals surface area contributed by atoms with Crippen LogP contribution in [0.2, 0.25) is 0 Å². The molecule has 6 aliphatic rings. The van der Waals surface area contributed by atoms with Crippen LogP contribution in [0.5, 0.6) is 23.0 Å². The van der Waals surface area contributed by atoms with Gasteiger partial charge in [-0.1, -0.05) is 185 Å². The SMILES string of the molecule is COc1cc(N)c(C)cc1C(=O)NC1CCN(CCCc2ccc(C)cc2)CC1.COc1cc(N)c(I)cc1C(=O)NC1CCN(CCCc2ccc(C)cc2)CC1.COc1cccc([C@H](O)C2CCN(CCc3ccc(C)cc3)CC2)c1OC.Cc1ccc(C(=O)C2CCN(CCc3c(C)nc4n(c3=O)CCS4)CC2)cc1.Cc1ccc(C(=O)C2CCN(CCn3c(=S)[nH]c4ccccc4c3=O)CC2)cc1. The Morgan fingerprint density at radius 2 is 0.901 bits per heavy atom. The number of nitrogens with two attached hydrogens (primary N) is 2. The smallest absolute Gasteiger partial charge is 0.262 e. The van der Waals surface area contributed by atoms with Crippen LogP contribution in [0.4, 0.5) is 11.4 Å². The number of hydrogen-bond acceptors (Lipinski definition) is 21. The maximum Gasteiger partial charge on any atom is 0.262 e. The van der Waals surface area contributed by atoms with Crippen LogP contribution in [0.15, 0.2) is 203 Å². The molecule has 5 fully saturated rings. The third kappa shape index (κ3) is 30.6. The Labute approximate surface area is 862 Å². The molecule has 142 heavy (non-hydrogen) atoms. The van der Waals surface area contributed by atoms with E-state index < -0.39 is 6.10 Å². The highest BCUT2D eigenvalue weighted by Crippen LogP contribution is 2.41. The molecule has 6 aliphatic heterocycles. The van der Waals surface area contributed by atoms with Gasteiger partial charge in [0.25, 0.3) is 22.9 Å². The number of carbonyl (C=O) groups is 4. The highest BCUT2D eigenvalue weighted by molar-refractivity contribution is 14.1. The van der Waals surface area contributed by atoms with Crippen molar-refractivity contribution < 1.29 is 43.2 Å². The summed E-state index contributed by atoms with van der Waals surface area (Å²) < 4.78 is 26.3. The fourth-order valence-corrected chi connectivity index (χ4v) is 21.4. The van der Waals surface area contributed by atoms with Crippen molar-refractivity contribution in [1.82, 2.24) is 54.2 Å². The number of aromatic nitrogens is 4. The van der Waals surface area contributed by atoms with Gasteiger partial charge in [-0.15, -0.1) is 0 Å². The lowest BCUT2D eigenvalue weighted by Crippen LogP contribution is -2.45. The van der Waals surface area contributed by atoms with Gasteiger partial charge in [-0.2, -0.15) is 0 Å². The Bertz CT molecular complexity index is 6040. The van der Waals surface area contributed by atoms with Crippen LogP contribution in [0.1, 0.15) is 191 Å². The zero-order valence-electron chi connectivity index (χ0n) is 84.9. The number of aromatic amines is 1. The van der Waals surface area contributed by atoms with Gasteiger partial charge in [-0.05, 0) is 297 Å². The summed E-state index contributed by atoms with van der Waals surface area (Å²) in [6.07, 6.45) is 15.3. The third-order valence-corrected chi connectivity index (χ3v) is 31.0. The first-order valence-corrected chi connectivity index (χ1v) is 53.1. The topological polar surface area (TPSA) is 290 Å². The van der Waals surface area contributed by atoms with Crippen LogP contribution in [-0.2, 0) is 38.8 Å². The molecule has 24 nitrogen and oxygen atoms in total. The summed E-state index contributed by atoms with van der Waals surface area (Å²) in [6.45, 7) is 30.2. The second kappa shape index (κ2) is 53.6. The molecule has 0 unspecified atom stereocenters. The second-order valence-corrected chi connectivity index (χ2v) is 41.5. The number of rotatable bonds is 31. The lowest BCUT2D eigenvalue weighted by molar-refractivity contribution is 0.0572. The molecule has 17 rings (SSSR count). The molecule has 11 aromatic rings. The van der Waals surface area contributed by atoms with Gasteiger partial charge < -0.3 is 75.6 Å². The number of anilines is 2. The van der Waals surface area contributed by atoms with E-state index in [0.29, 0.717) is 62.2 Å². The van der Waals surface area contributed by atoms with Gasteiger partial charge >= 0.3 is 0 Å². The molecule has 0 saturated carbocycles. The summed E-state index contributed by atoms with van der Waals surface area (Å²) in [4.78, 5) is 96.4. The lowest BCUT2D eigenvalue weighted by atomic mass is 9.87. The molecule has 2 aromatic heterocycles. The predicted octanol–water partition coefficient (Wildman–Crippen LogP) is 18.8. The van der Waals surface area contributed by atoms with Crippen LogP contribution in [0.3, 0.4) is 0 Å². The number of aliphatic hydroxyl groups is 1. The number of nitrogens with one attached hydrogen (secondary N) is 3. The van der Waals surface area contributed by atoms with Crippen molar-refractivity contribution in [1.29, 1.82) is 0 Å². The Balaban J connectivity index is 0.000000149. The molecule has 8 heterocycles. The fourth-order valence-electron chi connectivity index (χ4n) is 19.7. The maximum absolute atomic E-state index is 12.8. The summed E-state index contributed by atoms with van der Waals surface area (Å²) in [7, 11) is 6.38. The number of amides is 2. The van der Waals surface area contributed by atoms with E-state index in [-0.39, 0.29) is 64.3 Å². The number of nitrogen functional groups attached to an aromatic ring is 2. The third-order valence-electron chi connectivity index (χ3n) is 28.8. The zero-order chi connectivity index (χ0) is 101. The minimum Gasteiger partial charge on any atom is -0.496 e. The number of halogens is 1. The Morgan fingerprint density at radius 3 is 1.39 bits per heavy atom. The summed E-state index contributed by atoms with van der Waals surface area (Å²) in [5.41, 5.74) is 30.6. The van der Waals surface area contributed by atoms with Crippen molar-refractivity contribution in [3.63, 3.8) is 0 Å². The van der Waals surface area contributed by atoms with Gasteiger partial charge in [-0.3, -0.25) is 37.9 Å². The molecule has 756 valence electrons. The van der Waals surface area contributed by atoms with Crippen molar-refractivity contribution in [2.24, 2.45) is 17.8 Å². The van der Waals surface area contributed by atoms with Crippen molar-refractivity contribution in [3.8, 4) is 23.0 Å². The van der Waals surface area contributed by atoms with E-state index in [9.17, 15) is 33.9 Å². The number of aryl methyl sites for hydroxylation is 9. The number of Topliss-reactive ketones (excluding diaryl/α,β-unsaturated/α-hetero) is 2. The molecule has 5 saturated heterocycles. The molecule has 2 amide bonds. The number of para-hydroxylation sites is 2. The van der Waals surface area contributed by atoms with Crippen LogP contribution < -0.4 is 52.2 Å². The number of benzene rings is 9. The predicted molar refractivity (Wildman–Crippen MR) is 584 cm³/mol. The molecular weight excluding hydrogens is 1930 g/mol. The van der Waals surface area contributed by atoms with E-state index in [1.54, 1.807) is 63.0 Å². The zero-order valence-corrected chi connectivity index (χ0v) is 88.7. The van der Waals surface area contributed by atoms with Crippen molar-refractivity contribution in [2.75, 3.05) is 144 Å². The number of fused-ring (bicyclic) bond motifs is 2. The average molecular weight is 2080 g/mol. The van der Waals surface area contributed by atoms with Gasteiger partial charge in [0, 0.05) is 144 Å². The fraction of sp³-hybridized carbons (Fsp3) is 0.443. The summed E-state index contributed by atoms with van der Waals surface area (Å²) in [5, 5.41) is 18.8. The monoisotopic (exact) mass is 2080 g/mol. The molecule has 0 spiro atoms. The van der Waals surface area contributed by atoms with Gasteiger partial charge in [0.05, 0.1) is 56.6 Å². The number of aliphatic hydroxyl groups excluding tert-OH is 1. The van der Waals surface area contributed by atoms with E-state index >= 15 is 0 Å². The largest absolute Gasteiger partial charge is 0.496 e. The number of hydrogen-bond donors (Lipinski definition) is 6. The van der Waals surface area contributed by atoms with E-state index in [1.807, 2.05) is 129 Å². The average Bonchev–Trinajstić information content (AvgIpc) is 1.75. The molecule has 0 aliphatic carbocycles. The Kier molecular flexibility index (Phi) is 41.0. The second-order valence-electron chi connectivity index (χ2n) is 38.9. The van der Waals surface area contributed by atoms with Crippen molar-refractivity contribution in [2.45, 2.75) is 188 Å². The number of piperidine rings is 5. The van der Waals surface area contributed by atoms with Crippen LogP contribution in [0.25, 0.3) is 10.9 Å². The number of ether oxygens (including phenoxy) is 4. The van der Waals surface area contributed by atoms with Crippen LogP contribution in [0, 0.1) is 74.6 Å². The molecule has 1 atom stereocenters. The summed E-state index contributed by atoms with van der Waals surface area (Å²) in [6, 6.07) is 62.8. The molecule has 9 aromatic carbocycles. The molecule has 0 bridgehead atoms. The number of methoxy groups -OCH3 is 4. The lowest BCUT2D eigenvalue weighted by Gasteiger charge is -2.34. The molecule has 0 radical (unpaired) electrons. The number of H-pyrrole nitrogens is 1. The van der Waals surface area contributed by atoms with E-state index in [2.05, 4.69) is 161 Å². The minimum absolute atomic E-state index is 0.0474. The van der Waals surface area contributed by atoms with E-state index in [0.717, 1.165) is 248 Å². The van der Waals surface area contributed by atoms with Gasteiger partial charge in [0.15, 0.2) is 33.0 Å². The van der Waals surface area contributed by atoms with E-state index in [1.165, 1.54) is 57.3 Å². The minimum atomic E-state index is -0.519.